The number of aromatic nitrogens is 3. The average molecular weight is 239 g/mol. The second kappa shape index (κ2) is 5.19. The Bertz CT molecular complexity index is 448. The van der Waals surface area contributed by atoms with Gasteiger partial charge in [0.25, 0.3) is 5.95 Å². The first-order valence-corrected chi connectivity index (χ1v) is 4.88. The Hall–Kier alpha value is -2.25. The van der Waals surface area contributed by atoms with Gasteiger partial charge in [0.1, 0.15) is 6.04 Å². The van der Waals surface area contributed by atoms with Crippen LogP contribution in [0.15, 0.2) is 0 Å². The summed E-state index contributed by atoms with van der Waals surface area (Å²) in [5, 5.41) is 20.5. The minimum Gasteiger partial charge on any atom is -0.480 e. The molecule has 2 amide bonds. The lowest BCUT2D eigenvalue weighted by Gasteiger charge is -2.09. The lowest BCUT2D eigenvalue weighted by Crippen LogP contribution is -2.41. The van der Waals surface area contributed by atoms with Gasteiger partial charge in [-0.05, 0) is 20.8 Å². The molecular weight excluding hydrogens is 226 g/mol. The van der Waals surface area contributed by atoms with Crippen LogP contribution in [0.2, 0.25) is 0 Å². The van der Waals surface area contributed by atoms with Crippen LogP contribution in [0.5, 0.6) is 0 Å². The van der Waals surface area contributed by atoms with Gasteiger partial charge in [0.05, 0.1) is 11.4 Å². The predicted octanol–water partition coefficient (Wildman–Crippen LogP) is 0.0830. The van der Waals surface area contributed by atoms with Gasteiger partial charge in [-0.2, -0.15) is 5.10 Å². The molecule has 0 fully saturated rings. The van der Waals surface area contributed by atoms with E-state index in [1.54, 1.807) is 13.8 Å². The van der Waals surface area contributed by atoms with Crippen molar-refractivity contribution in [2.75, 3.05) is 5.32 Å². The van der Waals surface area contributed by atoms with Crippen LogP contribution in [-0.4, -0.2) is 38.3 Å². The lowest BCUT2D eigenvalue weighted by atomic mass is 10.3. The van der Waals surface area contributed by atoms with E-state index in [-0.39, 0.29) is 5.95 Å². The summed E-state index contributed by atoms with van der Waals surface area (Å²) in [4.78, 5) is 25.8. The smallest absolute Gasteiger partial charge is 0.325 e. The summed E-state index contributed by atoms with van der Waals surface area (Å²) in [6, 6.07) is -1.68. The van der Waals surface area contributed by atoms with Gasteiger partial charge in [-0.15, -0.1) is 5.10 Å². The summed E-state index contributed by atoms with van der Waals surface area (Å²) in [5.74, 6) is -1.09. The number of hydrogen-bond donors (Lipinski definition) is 3. The zero-order valence-electron chi connectivity index (χ0n) is 9.68. The number of amides is 2. The van der Waals surface area contributed by atoms with E-state index in [1.165, 1.54) is 6.92 Å². The highest BCUT2D eigenvalue weighted by molar-refractivity contribution is 5.90. The fourth-order valence-electron chi connectivity index (χ4n) is 0.906. The van der Waals surface area contributed by atoms with Crippen molar-refractivity contribution in [1.29, 1.82) is 0 Å². The third-order valence-corrected chi connectivity index (χ3v) is 2.04. The van der Waals surface area contributed by atoms with Crippen LogP contribution in [0.3, 0.4) is 0 Å². The largest absolute Gasteiger partial charge is 0.480 e. The number of carboxylic acids is 1. The molecule has 0 saturated heterocycles. The normalized spacial score (nSPS) is 11.7. The summed E-state index contributed by atoms with van der Waals surface area (Å²) in [5.41, 5.74) is 1.30. The summed E-state index contributed by atoms with van der Waals surface area (Å²) in [7, 11) is 0. The standard InChI is InChI=1S/C9H13N5O3/c1-4-5(2)13-14-8(10-4)12-9(17)11-6(3)7(15)16/h6H,1-3H3,(H,15,16)(H2,10,11,12,14,17). The number of nitrogens with zero attached hydrogens (tertiary/aromatic N) is 3. The second-order valence-electron chi connectivity index (χ2n) is 3.46. The molecule has 17 heavy (non-hydrogen) atoms. The highest BCUT2D eigenvalue weighted by Crippen LogP contribution is 2.01. The molecule has 0 saturated carbocycles. The van der Waals surface area contributed by atoms with Crippen molar-refractivity contribution < 1.29 is 14.7 Å². The van der Waals surface area contributed by atoms with E-state index in [2.05, 4.69) is 25.8 Å². The number of carbonyl (C=O) groups excluding carboxylic acids is 1. The Morgan fingerprint density at radius 1 is 1.24 bits per heavy atom. The Morgan fingerprint density at radius 2 is 1.88 bits per heavy atom. The third kappa shape index (κ3) is 3.67. The van der Waals surface area contributed by atoms with E-state index >= 15 is 0 Å². The molecule has 0 radical (unpaired) electrons. The Kier molecular flexibility index (Phi) is 3.91. The van der Waals surface area contributed by atoms with E-state index < -0.39 is 18.0 Å². The highest BCUT2D eigenvalue weighted by atomic mass is 16.4. The maximum Gasteiger partial charge on any atom is 0.325 e. The monoisotopic (exact) mass is 239 g/mol. The van der Waals surface area contributed by atoms with Crippen LogP contribution in [-0.2, 0) is 4.79 Å². The van der Waals surface area contributed by atoms with Crippen LogP contribution >= 0.6 is 0 Å². The summed E-state index contributed by atoms with van der Waals surface area (Å²) < 4.78 is 0. The predicted molar refractivity (Wildman–Crippen MR) is 58.6 cm³/mol. The molecule has 3 N–H and O–H groups in total. The van der Waals surface area contributed by atoms with E-state index in [4.69, 9.17) is 5.11 Å². The first-order valence-electron chi connectivity index (χ1n) is 4.88. The van der Waals surface area contributed by atoms with Crippen LogP contribution in [0.4, 0.5) is 10.7 Å². The van der Waals surface area contributed by atoms with Crippen LogP contribution in [0.1, 0.15) is 18.3 Å². The quantitative estimate of drug-likeness (QED) is 0.687. The lowest BCUT2D eigenvalue weighted by molar-refractivity contribution is -0.138. The van der Waals surface area contributed by atoms with E-state index in [0.29, 0.717) is 11.4 Å². The van der Waals surface area contributed by atoms with E-state index in [0.717, 1.165) is 0 Å². The molecule has 1 atom stereocenters. The van der Waals surface area contributed by atoms with Crippen molar-refractivity contribution in [1.82, 2.24) is 20.5 Å². The van der Waals surface area contributed by atoms with Crippen LogP contribution in [0, 0.1) is 13.8 Å². The number of carboxylic acid groups (broad SMARTS) is 1. The molecule has 0 bridgehead atoms. The Morgan fingerprint density at radius 3 is 2.41 bits per heavy atom. The third-order valence-electron chi connectivity index (χ3n) is 2.04. The molecular formula is C9H13N5O3. The van der Waals surface area contributed by atoms with Gasteiger partial charge < -0.3 is 10.4 Å². The van der Waals surface area contributed by atoms with Gasteiger partial charge in [-0.1, -0.05) is 0 Å². The topological polar surface area (TPSA) is 117 Å². The van der Waals surface area contributed by atoms with Crippen molar-refractivity contribution in [3.63, 3.8) is 0 Å². The summed E-state index contributed by atoms with van der Waals surface area (Å²) >= 11 is 0. The fourth-order valence-corrected chi connectivity index (χ4v) is 0.906. The first kappa shape index (κ1) is 12.8. The van der Waals surface area contributed by atoms with Gasteiger partial charge >= 0.3 is 12.0 Å². The number of carbonyl (C=O) groups is 2. The van der Waals surface area contributed by atoms with Gasteiger partial charge in [0.15, 0.2) is 0 Å². The SMILES string of the molecule is Cc1nnc(NC(=O)NC(C)C(=O)O)nc1C. The summed E-state index contributed by atoms with van der Waals surface area (Å²) in [6.45, 7) is 4.82. The molecule has 1 unspecified atom stereocenters. The second-order valence-corrected chi connectivity index (χ2v) is 3.46. The molecule has 0 aliphatic heterocycles. The minimum absolute atomic E-state index is 0.0307. The van der Waals surface area contributed by atoms with Crippen molar-refractivity contribution >= 4 is 17.9 Å². The number of rotatable bonds is 3. The first-order chi connectivity index (χ1) is 7.90. The zero-order valence-corrected chi connectivity index (χ0v) is 9.68. The molecule has 1 aromatic rings. The number of anilines is 1. The number of aryl methyl sites for hydroxylation is 2. The van der Waals surface area contributed by atoms with Crippen LogP contribution in [0.25, 0.3) is 0 Å². The molecule has 8 nitrogen and oxygen atoms in total. The summed E-state index contributed by atoms with van der Waals surface area (Å²) in [6.07, 6.45) is 0. The molecule has 92 valence electrons. The van der Waals surface area contributed by atoms with E-state index in [9.17, 15) is 9.59 Å². The van der Waals surface area contributed by atoms with Gasteiger partial charge in [0.2, 0.25) is 0 Å². The highest BCUT2D eigenvalue weighted by Gasteiger charge is 2.14. The Labute approximate surface area is 97.5 Å². The number of nitrogens with one attached hydrogen (secondary N) is 2. The van der Waals surface area contributed by atoms with Crippen molar-refractivity contribution in [3.05, 3.63) is 11.4 Å². The molecule has 0 spiro atoms. The molecule has 1 rings (SSSR count). The van der Waals surface area contributed by atoms with E-state index in [1.807, 2.05) is 0 Å². The number of aliphatic carboxylic acids is 1. The molecule has 1 heterocycles. The maximum atomic E-state index is 11.3. The van der Waals surface area contributed by atoms with Crippen molar-refractivity contribution in [2.45, 2.75) is 26.8 Å². The molecule has 0 aromatic carbocycles. The molecule has 8 heteroatoms. The van der Waals surface area contributed by atoms with Crippen molar-refractivity contribution in [3.8, 4) is 0 Å². The Balaban J connectivity index is 2.62. The zero-order chi connectivity index (χ0) is 13.0. The van der Waals surface area contributed by atoms with Crippen molar-refractivity contribution in [2.24, 2.45) is 0 Å². The fraction of sp³-hybridized carbons (Fsp3) is 0.444. The molecule has 0 aliphatic carbocycles. The number of urea groups is 1. The molecule has 1 aromatic heterocycles. The number of hydrogen-bond acceptors (Lipinski definition) is 5. The van der Waals surface area contributed by atoms with Crippen LogP contribution < -0.4 is 10.6 Å². The molecule has 0 aliphatic rings. The average Bonchev–Trinajstić information content (AvgIpc) is 2.23. The minimum atomic E-state index is -1.13. The maximum absolute atomic E-state index is 11.3. The van der Waals surface area contributed by atoms with Gasteiger partial charge in [-0.3, -0.25) is 10.1 Å². The van der Waals surface area contributed by atoms with Gasteiger partial charge in [-0.25, -0.2) is 9.78 Å². The van der Waals surface area contributed by atoms with Gasteiger partial charge in [0, 0.05) is 0 Å².